The Morgan fingerprint density at radius 1 is 1.40 bits per heavy atom. The van der Waals surface area contributed by atoms with Gasteiger partial charge in [-0.25, -0.2) is 0 Å². The molecule has 0 aromatic carbocycles. The molecule has 1 aliphatic heterocycles. The van der Waals surface area contributed by atoms with Gasteiger partial charge in [-0.2, -0.15) is 5.06 Å². The number of aliphatic hydroxyl groups excluding tert-OH is 2. The monoisotopic (exact) mass is 279 g/mol. The van der Waals surface area contributed by atoms with Crippen LogP contribution in [0.2, 0.25) is 0 Å². The normalized spacial score (nSPS) is 35.7. The molecule has 0 aromatic heterocycles. The van der Waals surface area contributed by atoms with Crippen molar-refractivity contribution in [1.82, 2.24) is 5.06 Å². The molecule has 1 aliphatic carbocycles. The van der Waals surface area contributed by atoms with Gasteiger partial charge in [-0.15, -0.1) is 0 Å². The lowest BCUT2D eigenvalue weighted by Crippen LogP contribution is -2.54. The molecule has 6 nitrogen and oxygen atoms in total. The molecule has 0 radical (unpaired) electrons. The summed E-state index contributed by atoms with van der Waals surface area (Å²) in [6.07, 6.45) is 1.85. The number of hydroxylamine groups is 2. The smallest absolute Gasteiger partial charge is 0.267 e. The van der Waals surface area contributed by atoms with Gasteiger partial charge in [-0.05, 0) is 18.1 Å². The lowest BCUT2D eigenvalue weighted by molar-refractivity contribution is -0.171. The molecule has 0 bridgehead atoms. The maximum atomic E-state index is 12.6. The quantitative estimate of drug-likeness (QED) is 0.748. The van der Waals surface area contributed by atoms with Crippen LogP contribution in [0.3, 0.4) is 0 Å². The number of ketones is 1. The zero-order chi connectivity index (χ0) is 15.1. The van der Waals surface area contributed by atoms with Crippen LogP contribution in [0.1, 0.15) is 13.3 Å². The van der Waals surface area contributed by atoms with Crippen molar-refractivity contribution < 1.29 is 24.6 Å². The van der Waals surface area contributed by atoms with Gasteiger partial charge in [0.15, 0.2) is 5.78 Å². The third-order valence-corrected chi connectivity index (χ3v) is 3.76. The predicted octanol–water partition coefficient (Wildman–Crippen LogP) is 0.0872. The van der Waals surface area contributed by atoms with E-state index < -0.39 is 29.3 Å². The summed E-state index contributed by atoms with van der Waals surface area (Å²) < 4.78 is 0. The molecule has 1 amide bonds. The molecule has 108 valence electrons. The molecule has 2 N–H and O–H groups in total. The molecule has 1 fully saturated rings. The van der Waals surface area contributed by atoms with Crippen molar-refractivity contribution in [3.63, 3.8) is 0 Å². The van der Waals surface area contributed by atoms with Gasteiger partial charge in [0.05, 0.1) is 12.8 Å². The second-order valence-electron chi connectivity index (χ2n) is 4.75. The minimum absolute atomic E-state index is 0.00153. The van der Waals surface area contributed by atoms with E-state index in [-0.39, 0.29) is 5.70 Å². The summed E-state index contributed by atoms with van der Waals surface area (Å²) in [6, 6.07) is 0. The second kappa shape index (κ2) is 4.97. The van der Waals surface area contributed by atoms with Crippen LogP contribution >= 0.6 is 0 Å². The van der Waals surface area contributed by atoms with Crippen LogP contribution in [-0.2, 0) is 14.4 Å². The maximum Gasteiger partial charge on any atom is 0.267 e. The van der Waals surface area contributed by atoms with Crippen LogP contribution < -0.4 is 0 Å². The van der Waals surface area contributed by atoms with Crippen molar-refractivity contribution in [2.45, 2.75) is 25.6 Å². The summed E-state index contributed by atoms with van der Waals surface area (Å²) in [6.45, 7) is 5.45. The largest absolute Gasteiger partial charge is 0.385 e. The van der Waals surface area contributed by atoms with Gasteiger partial charge in [0, 0.05) is 0 Å². The van der Waals surface area contributed by atoms with Crippen molar-refractivity contribution in [2.24, 2.45) is 5.41 Å². The predicted molar refractivity (Wildman–Crippen MR) is 70.0 cm³/mol. The van der Waals surface area contributed by atoms with Crippen LogP contribution in [0, 0.1) is 5.41 Å². The van der Waals surface area contributed by atoms with E-state index in [1.54, 1.807) is 6.08 Å². The SMILES string of the molecule is C=C1[C@@H](O)[C@]2(C(=O)N1OC)/C(=C\CC)C=CC(=O)[C@@H]2O. The molecule has 2 rings (SSSR count). The Balaban J connectivity index is 2.68. The topological polar surface area (TPSA) is 87.1 Å². The first-order valence-corrected chi connectivity index (χ1v) is 6.29. The zero-order valence-corrected chi connectivity index (χ0v) is 11.4. The van der Waals surface area contributed by atoms with Crippen molar-refractivity contribution in [2.75, 3.05) is 7.11 Å². The Kier molecular flexibility index (Phi) is 3.64. The molecular weight excluding hydrogens is 262 g/mol. The van der Waals surface area contributed by atoms with Gasteiger partial charge in [-0.1, -0.05) is 25.7 Å². The number of carbonyl (C=O) groups is 2. The van der Waals surface area contributed by atoms with Crippen molar-refractivity contribution in [3.8, 4) is 0 Å². The third-order valence-electron chi connectivity index (χ3n) is 3.76. The van der Waals surface area contributed by atoms with Gasteiger partial charge in [-0.3, -0.25) is 14.4 Å². The van der Waals surface area contributed by atoms with E-state index >= 15 is 0 Å². The van der Waals surface area contributed by atoms with Crippen molar-refractivity contribution in [1.29, 1.82) is 0 Å². The molecular formula is C14H17NO5. The van der Waals surface area contributed by atoms with Gasteiger partial charge in [0.25, 0.3) is 5.91 Å². The molecule has 1 saturated heterocycles. The van der Waals surface area contributed by atoms with E-state index in [9.17, 15) is 19.8 Å². The van der Waals surface area contributed by atoms with E-state index in [1.165, 1.54) is 19.3 Å². The number of amides is 1. The van der Waals surface area contributed by atoms with Crippen molar-refractivity contribution >= 4 is 11.7 Å². The van der Waals surface area contributed by atoms with Gasteiger partial charge in [0.2, 0.25) is 0 Å². The summed E-state index contributed by atoms with van der Waals surface area (Å²) in [4.78, 5) is 29.2. The summed E-state index contributed by atoms with van der Waals surface area (Å²) >= 11 is 0. The van der Waals surface area contributed by atoms with Gasteiger partial charge in [0.1, 0.15) is 17.6 Å². The van der Waals surface area contributed by atoms with E-state index in [0.717, 1.165) is 5.06 Å². The number of allylic oxidation sites excluding steroid dienone is 2. The lowest BCUT2D eigenvalue weighted by atomic mass is 9.67. The first-order valence-electron chi connectivity index (χ1n) is 6.29. The van der Waals surface area contributed by atoms with Gasteiger partial charge < -0.3 is 10.2 Å². The fourth-order valence-electron chi connectivity index (χ4n) is 2.78. The average Bonchev–Trinajstić information content (AvgIpc) is 2.61. The summed E-state index contributed by atoms with van der Waals surface area (Å²) in [5.74, 6) is -1.32. The average molecular weight is 279 g/mol. The van der Waals surface area contributed by atoms with E-state index in [2.05, 4.69) is 6.58 Å². The highest BCUT2D eigenvalue weighted by atomic mass is 16.7. The number of hydrogen-bond donors (Lipinski definition) is 2. The standard InChI is InChI=1S/C14H17NO5/c1-4-5-9-6-7-10(16)12(18)14(9)11(17)8(2)15(20-3)13(14)19/h5-7,11-12,17-18H,2,4H2,1,3H3/b9-5-/t11-,12+,14-/m1/s1. The van der Waals surface area contributed by atoms with E-state index in [1.807, 2.05) is 6.92 Å². The number of hydrogen-bond acceptors (Lipinski definition) is 5. The van der Waals surface area contributed by atoms with E-state index in [4.69, 9.17) is 4.84 Å². The number of nitrogens with zero attached hydrogens (tertiary/aromatic N) is 1. The maximum absolute atomic E-state index is 12.6. The molecule has 20 heavy (non-hydrogen) atoms. The zero-order valence-electron chi connectivity index (χ0n) is 11.4. The van der Waals surface area contributed by atoms with E-state index in [0.29, 0.717) is 12.0 Å². The molecule has 2 aliphatic rings. The molecule has 1 spiro atoms. The Bertz CT molecular complexity index is 536. The third kappa shape index (κ3) is 1.62. The molecule has 0 aromatic rings. The van der Waals surface area contributed by atoms with Crippen LogP contribution in [0.25, 0.3) is 0 Å². The Morgan fingerprint density at radius 2 is 2.05 bits per heavy atom. The fraction of sp³-hybridized carbons (Fsp3) is 0.429. The molecule has 1 heterocycles. The van der Waals surface area contributed by atoms with Crippen LogP contribution in [0.5, 0.6) is 0 Å². The fourth-order valence-corrected chi connectivity index (χ4v) is 2.78. The van der Waals surface area contributed by atoms with Crippen molar-refractivity contribution in [3.05, 3.63) is 36.1 Å². The number of aliphatic hydroxyl groups is 2. The highest BCUT2D eigenvalue weighted by Gasteiger charge is 2.64. The highest BCUT2D eigenvalue weighted by Crippen LogP contribution is 2.49. The first kappa shape index (κ1) is 14.6. The Morgan fingerprint density at radius 3 is 2.55 bits per heavy atom. The Hall–Kier alpha value is -1.76. The molecule has 0 saturated carbocycles. The highest BCUT2D eigenvalue weighted by molar-refractivity contribution is 6.05. The lowest BCUT2D eigenvalue weighted by Gasteiger charge is -2.36. The number of carbonyl (C=O) groups excluding carboxylic acids is 2. The summed E-state index contributed by atoms with van der Waals surface area (Å²) in [7, 11) is 1.25. The number of rotatable bonds is 2. The minimum Gasteiger partial charge on any atom is -0.385 e. The van der Waals surface area contributed by atoms with Gasteiger partial charge >= 0.3 is 0 Å². The molecule has 6 heteroatoms. The molecule has 3 atom stereocenters. The van der Waals surface area contributed by atoms with Crippen LogP contribution in [0.4, 0.5) is 0 Å². The second-order valence-corrected chi connectivity index (χ2v) is 4.75. The summed E-state index contributed by atoms with van der Waals surface area (Å²) in [5.41, 5.74) is -1.37. The molecule has 0 unspecified atom stereocenters. The first-order chi connectivity index (χ1) is 9.42. The van der Waals surface area contributed by atoms with Crippen LogP contribution in [-0.4, -0.2) is 46.3 Å². The van der Waals surface area contributed by atoms with Crippen LogP contribution in [0.15, 0.2) is 36.1 Å². The Labute approximate surface area is 116 Å². The minimum atomic E-state index is -1.77. The summed E-state index contributed by atoms with van der Waals surface area (Å²) in [5, 5.41) is 21.5.